The fourth-order valence-electron chi connectivity index (χ4n) is 1.73. The highest BCUT2D eigenvalue weighted by Crippen LogP contribution is 2.24. The number of halogens is 2. The van der Waals surface area contributed by atoms with Crippen molar-refractivity contribution >= 4 is 43.5 Å². The van der Waals surface area contributed by atoms with Crippen LogP contribution in [0.5, 0.6) is 0 Å². The van der Waals surface area contributed by atoms with Gasteiger partial charge >= 0.3 is 0 Å². The molecule has 3 nitrogen and oxygen atoms in total. The van der Waals surface area contributed by atoms with E-state index in [-0.39, 0.29) is 5.91 Å². The number of aryl methyl sites for hydroxylation is 1. The molecule has 1 N–H and O–H groups in total. The lowest BCUT2D eigenvalue weighted by molar-refractivity contribution is 0.102. The maximum Gasteiger partial charge on any atom is 0.256 e. The van der Waals surface area contributed by atoms with Gasteiger partial charge in [0.2, 0.25) is 0 Å². The molecule has 5 heteroatoms. The van der Waals surface area contributed by atoms with Crippen LogP contribution in [-0.4, -0.2) is 5.91 Å². The fourth-order valence-corrected chi connectivity index (χ4v) is 2.54. The van der Waals surface area contributed by atoms with E-state index >= 15 is 0 Å². The lowest BCUT2D eigenvalue weighted by atomic mass is 10.1. The van der Waals surface area contributed by atoms with Crippen LogP contribution in [-0.2, 0) is 0 Å². The van der Waals surface area contributed by atoms with Crippen molar-refractivity contribution in [3.05, 3.63) is 62.0 Å². The topological polar surface area (TPSA) is 52.9 Å². The number of nitriles is 1. The third-order valence-electron chi connectivity index (χ3n) is 2.79. The number of nitrogens with one attached hydrogen (secondary N) is 1. The molecule has 0 atom stereocenters. The Morgan fingerprint density at radius 1 is 1.25 bits per heavy atom. The zero-order chi connectivity index (χ0) is 14.7. The second kappa shape index (κ2) is 6.21. The van der Waals surface area contributed by atoms with Crippen molar-refractivity contribution in [1.29, 1.82) is 5.26 Å². The Morgan fingerprint density at radius 2 is 2.00 bits per heavy atom. The maximum absolute atomic E-state index is 12.3. The van der Waals surface area contributed by atoms with E-state index in [1.165, 1.54) is 0 Å². The molecular formula is C15H10Br2N2O. The number of nitrogens with zero attached hydrogens (tertiary/aromatic N) is 1. The molecule has 0 heterocycles. The van der Waals surface area contributed by atoms with E-state index in [0.29, 0.717) is 16.8 Å². The molecule has 0 aliphatic carbocycles. The largest absolute Gasteiger partial charge is 0.321 e. The smallest absolute Gasteiger partial charge is 0.256 e. The average Bonchev–Trinajstić information content (AvgIpc) is 2.43. The summed E-state index contributed by atoms with van der Waals surface area (Å²) in [6.45, 7) is 1.92. The molecule has 0 saturated heterocycles. The van der Waals surface area contributed by atoms with E-state index in [4.69, 9.17) is 5.26 Å². The lowest BCUT2D eigenvalue weighted by Gasteiger charge is -2.10. The van der Waals surface area contributed by atoms with Crippen molar-refractivity contribution in [2.24, 2.45) is 0 Å². The molecule has 0 unspecified atom stereocenters. The number of carbonyl (C=O) groups is 1. The molecule has 2 aromatic carbocycles. The van der Waals surface area contributed by atoms with Crippen LogP contribution in [0.3, 0.4) is 0 Å². The number of benzene rings is 2. The van der Waals surface area contributed by atoms with Crippen molar-refractivity contribution in [1.82, 2.24) is 0 Å². The van der Waals surface area contributed by atoms with Crippen molar-refractivity contribution in [2.75, 3.05) is 5.32 Å². The molecule has 0 aliphatic rings. The van der Waals surface area contributed by atoms with Gasteiger partial charge in [-0.1, -0.05) is 28.1 Å². The van der Waals surface area contributed by atoms with Gasteiger partial charge in [-0.3, -0.25) is 4.79 Å². The highest BCUT2D eigenvalue weighted by atomic mass is 79.9. The molecule has 0 aromatic heterocycles. The molecule has 0 spiro atoms. The lowest BCUT2D eigenvalue weighted by Crippen LogP contribution is -2.13. The van der Waals surface area contributed by atoms with Crippen molar-refractivity contribution in [3.63, 3.8) is 0 Å². The Kier molecular flexibility index (Phi) is 4.58. The van der Waals surface area contributed by atoms with Gasteiger partial charge < -0.3 is 5.32 Å². The van der Waals surface area contributed by atoms with Crippen molar-refractivity contribution in [2.45, 2.75) is 6.92 Å². The minimum absolute atomic E-state index is 0.251. The summed E-state index contributed by atoms with van der Waals surface area (Å²) in [6, 6.07) is 12.7. The summed E-state index contributed by atoms with van der Waals surface area (Å²) >= 11 is 6.71. The molecule has 2 rings (SSSR count). The first-order valence-corrected chi connectivity index (χ1v) is 7.37. The van der Waals surface area contributed by atoms with Gasteiger partial charge in [0.15, 0.2) is 0 Å². The minimum atomic E-state index is -0.251. The van der Waals surface area contributed by atoms with Crippen LogP contribution >= 0.6 is 31.9 Å². The second-order valence-corrected chi connectivity index (χ2v) is 5.90. The number of amides is 1. The maximum atomic E-state index is 12.3. The van der Waals surface area contributed by atoms with E-state index < -0.39 is 0 Å². The van der Waals surface area contributed by atoms with Crippen LogP contribution < -0.4 is 5.32 Å². The predicted octanol–water partition coefficient (Wildman–Crippen LogP) is 4.64. The zero-order valence-electron chi connectivity index (χ0n) is 10.6. The molecule has 0 aliphatic heterocycles. The average molecular weight is 394 g/mol. The number of rotatable bonds is 2. The van der Waals surface area contributed by atoms with Gasteiger partial charge in [-0.05, 0) is 52.7 Å². The van der Waals surface area contributed by atoms with Crippen LogP contribution in [0.15, 0.2) is 45.3 Å². The van der Waals surface area contributed by atoms with Gasteiger partial charge in [0.1, 0.15) is 6.07 Å². The first-order valence-electron chi connectivity index (χ1n) is 5.79. The third kappa shape index (κ3) is 3.09. The molecule has 0 saturated carbocycles. The van der Waals surface area contributed by atoms with Crippen LogP contribution in [0.1, 0.15) is 21.5 Å². The van der Waals surface area contributed by atoms with E-state index in [9.17, 15) is 4.79 Å². The van der Waals surface area contributed by atoms with E-state index in [0.717, 1.165) is 14.5 Å². The van der Waals surface area contributed by atoms with Crippen LogP contribution in [0.25, 0.3) is 0 Å². The highest BCUT2D eigenvalue weighted by molar-refractivity contribution is 9.10. The van der Waals surface area contributed by atoms with Crippen LogP contribution in [0, 0.1) is 18.3 Å². The molecule has 0 bridgehead atoms. The molecule has 1 amide bonds. The van der Waals surface area contributed by atoms with Gasteiger partial charge in [0, 0.05) is 8.95 Å². The van der Waals surface area contributed by atoms with Crippen LogP contribution in [0.2, 0.25) is 0 Å². The summed E-state index contributed by atoms with van der Waals surface area (Å²) < 4.78 is 1.55. The normalized spacial score (nSPS) is 9.90. The summed E-state index contributed by atoms with van der Waals surface area (Å²) in [4.78, 5) is 12.3. The predicted molar refractivity (Wildman–Crippen MR) is 85.7 cm³/mol. The number of hydrogen-bond donors (Lipinski definition) is 1. The van der Waals surface area contributed by atoms with Crippen molar-refractivity contribution < 1.29 is 4.79 Å². The van der Waals surface area contributed by atoms with E-state index in [1.54, 1.807) is 24.3 Å². The summed E-state index contributed by atoms with van der Waals surface area (Å²) in [5.74, 6) is -0.251. The molecule has 0 fully saturated rings. The summed E-state index contributed by atoms with van der Waals surface area (Å²) in [5.41, 5.74) is 2.43. The minimum Gasteiger partial charge on any atom is -0.321 e. The number of anilines is 1. The molecular weight excluding hydrogens is 384 g/mol. The standard InChI is InChI=1S/C15H10Br2N2O/c1-9-3-2-4-12(14(9)17)15(20)19-13-6-5-11(16)7-10(13)8-18/h2-7H,1H3,(H,19,20). The zero-order valence-corrected chi connectivity index (χ0v) is 13.7. The Bertz CT molecular complexity index is 720. The monoisotopic (exact) mass is 392 g/mol. The van der Waals surface area contributed by atoms with Gasteiger partial charge in [-0.2, -0.15) is 5.26 Å². The first-order chi connectivity index (χ1) is 9.52. The number of hydrogen-bond acceptors (Lipinski definition) is 2. The van der Waals surface area contributed by atoms with Crippen LogP contribution in [0.4, 0.5) is 5.69 Å². The molecule has 100 valence electrons. The third-order valence-corrected chi connectivity index (χ3v) is 4.33. The van der Waals surface area contributed by atoms with E-state index in [1.807, 2.05) is 19.1 Å². The molecule has 20 heavy (non-hydrogen) atoms. The summed E-state index contributed by atoms with van der Waals surface area (Å²) in [7, 11) is 0. The van der Waals surface area contributed by atoms with Gasteiger partial charge in [-0.15, -0.1) is 0 Å². The Hall–Kier alpha value is -1.64. The first kappa shape index (κ1) is 14.8. The Balaban J connectivity index is 2.33. The van der Waals surface area contributed by atoms with Crippen molar-refractivity contribution in [3.8, 4) is 6.07 Å². The van der Waals surface area contributed by atoms with Gasteiger partial charge in [0.05, 0.1) is 16.8 Å². The number of carbonyl (C=O) groups excluding carboxylic acids is 1. The quantitative estimate of drug-likeness (QED) is 0.807. The fraction of sp³-hybridized carbons (Fsp3) is 0.0667. The van der Waals surface area contributed by atoms with E-state index in [2.05, 4.69) is 43.2 Å². The SMILES string of the molecule is Cc1cccc(C(=O)Nc2ccc(Br)cc2C#N)c1Br. The molecule has 2 aromatic rings. The second-order valence-electron chi connectivity index (χ2n) is 4.19. The molecule has 0 radical (unpaired) electrons. The van der Waals surface area contributed by atoms with Gasteiger partial charge in [-0.25, -0.2) is 0 Å². The summed E-state index contributed by atoms with van der Waals surface area (Å²) in [6.07, 6.45) is 0. The Morgan fingerprint density at radius 3 is 2.70 bits per heavy atom. The highest BCUT2D eigenvalue weighted by Gasteiger charge is 2.13. The summed E-state index contributed by atoms with van der Waals surface area (Å²) in [5, 5.41) is 11.9. The van der Waals surface area contributed by atoms with Gasteiger partial charge in [0.25, 0.3) is 5.91 Å². The Labute approximate surface area is 133 Å².